The largest absolute Gasteiger partial charge is 0.307 e. The molecule has 0 unspecified atom stereocenters. The van der Waals surface area contributed by atoms with Crippen molar-refractivity contribution in [1.29, 1.82) is 0 Å². The van der Waals surface area contributed by atoms with Crippen LogP contribution in [0.4, 0.5) is 4.39 Å². The van der Waals surface area contributed by atoms with E-state index in [1.54, 1.807) is 6.07 Å². The number of rotatable bonds is 3. The van der Waals surface area contributed by atoms with Crippen LogP contribution in [0.1, 0.15) is 31.4 Å². The van der Waals surface area contributed by atoms with Crippen LogP contribution in [-0.2, 0) is 0 Å². The molecule has 1 aromatic carbocycles. The van der Waals surface area contributed by atoms with Gasteiger partial charge in [-0.3, -0.25) is 0 Å². The molecule has 1 aliphatic heterocycles. The number of nitrogens with one attached hydrogen (secondary N) is 1. The first-order valence-corrected chi connectivity index (χ1v) is 6.36. The first-order chi connectivity index (χ1) is 8.16. The highest BCUT2D eigenvalue weighted by Crippen LogP contribution is 2.19. The molecule has 0 spiro atoms. The number of piperidine rings is 1. The van der Waals surface area contributed by atoms with Gasteiger partial charge in [-0.25, -0.2) is 4.39 Å². The van der Waals surface area contributed by atoms with Crippen LogP contribution in [0.3, 0.4) is 0 Å². The minimum atomic E-state index is -0.111. The summed E-state index contributed by atoms with van der Waals surface area (Å²) in [5, 5.41) is 3.53. The normalized spacial score (nSPS) is 20.4. The van der Waals surface area contributed by atoms with Crippen molar-refractivity contribution < 1.29 is 4.39 Å². The van der Waals surface area contributed by atoms with Crippen LogP contribution in [0.5, 0.6) is 0 Å². The summed E-state index contributed by atoms with van der Waals surface area (Å²) in [5.41, 5.74) is 0.770. The van der Waals surface area contributed by atoms with Gasteiger partial charge in [0.1, 0.15) is 5.82 Å². The summed E-state index contributed by atoms with van der Waals surface area (Å²) in [4.78, 5) is 2.34. The van der Waals surface area contributed by atoms with Gasteiger partial charge in [0, 0.05) is 17.6 Å². The van der Waals surface area contributed by atoms with Gasteiger partial charge in [0.05, 0.1) is 0 Å². The Balaban J connectivity index is 1.93. The van der Waals surface area contributed by atoms with Crippen LogP contribution in [0.15, 0.2) is 24.3 Å². The number of benzene rings is 1. The highest BCUT2D eigenvalue weighted by Gasteiger charge is 2.19. The molecule has 2 rings (SSSR count). The van der Waals surface area contributed by atoms with Crippen LogP contribution in [0, 0.1) is 5.82 Å². The first kappa shape index (κ1) is 12.5. The van der Waals surface area contributed by atoms with E-state index in [0.29, 0.717) is 6.04 Å². The Morgan fingerprint density at radius 3 is 2.59 bits per heavy atom. The van der Waals surface area contributed by atoms with Crippen molar-refractivity contribution >= 4 is 0 Å². The van der Waals surface area contributed by atoms with Gasteiger partial charge in [0.25, 0.3) is 0 Å². The van der Waals surface area contributed by atoms with Gasteiger partial charge < -0.3 is 10.2 Å². The molecule has 1 aliphatic rings. The molecule has 0 radical (unpaired) electrons. The molecule has 1 heterocycles. The maximum atomic E-state index is 13.6. The molecule has 1 saturated heterocycles. The van der Waals surface area contributed by atoms with E-state index in [1.165, 1.54) is 6.07 Å². The lowest BCUT2D eigenvalue weighted by Gasteiger charge is -2.31. The molecule has 0 saturated carbocycles. The molecule has 1 atom stereocenters. The van der Waals surface area contributed by atoms with Gasteiger partial charge in [-0.15, -0.1) is 0 Å². The molecule has 0 bridgehead atoms. The van der Waals surface area contributed by atoms with Crippen LogP contribution in [-0.4, -0.2) is 31.1 Å². The van der Waals surface area contributed by atoms with Crippen LogP contribution in [0.25, 0.3) is 0 Å². The summed E-state index contributed by atoms with van der Waals surface area (Å²) >= 11 is 0. The molecule has 94 valence electrons. The molecular weight excluding hydrogens is 215 g/mol. The smallest absolute Gasteiger partial charge is 0.127 e. The predicted molar refractivity (Wildman–Crippen MR) is 68.5 cm³/mol. The van der Waals surface area contributed by atoms with Crippen molar-refractivity contribution in [3.8, 4) is 0 Å². The van der Waals surface area contributed by atoms with Gasteiger partial charge in [0.15, 0.2) is 0 Å². The van der Waals surface area contributed by atoms with Crippen LogP contribution in [0.2, 0.25) is 0 Å². The average molecular weight is 236 g/mol. The van der Waals surface area contributed by atoms with E-state index in [4.69, 9.17) is 0 Å². The number of hydrogen-bond acceptors (Lipinski definition) is 2. The molecule has 3 heteroatoms. The lowest BCUT2D eigenvalue weighted by Crippen LogP contribution is -2.41. The predicted octanol–water partition coefficient (Wildman–Crippen LogP) is 2.57. The summed E-state index contributed by atoms with van der Waals surface area (Å²) in [7, 11) is 2.15. The Labute approximate surface area is 103 Å². The Bertz CT molecular complexity index is 359. The lowest BCUT2D eigenvalue weighted by molar-refractivity contribution is 0.226. The highest BCUT2D eigenvalue weighted by molar-refractivity contribution is 5.20. The maximum absolute atomic E-state index is 13.6. The van der Waals surface area contributed by atoms with Crippen molar-refractivity contribution in [2.24, 2.45) is 0 Å². The minimum Gasteiger partial charge on any atom is -0.307 e. The summed E-state index contributed by atoms with van der Waals surface area (Å²) in [6, 6.07) is 7.63. The fraction of sp³-hybridized carbons (Fsp3) is 0.571. The third kappa shape index (κ3) is 3.27. The van der Waals surface area contributed by atoms with E-state index in [9.17, 15) is 4.39 Å². The topological polar surface area (TPSA) is 15.3 Å². The summed E-state index contributed by atoms with van der Waals surface area (Å²) in [6.07, 6.45) is 2.30. The summed E-state index contributed by atoms with van der Waals surface area (Å²) in [6.45, 7) is 4.29. The monoisotopic (exact) mass is 236 g/mol. The number of hydrogen-bond donors (Lipinski definition) is 1. The SMILES string of the molecule is C[C@@H](NC1CCN(C)CC1)c1ccccc1F. The second kappa shape index (κ2) is 5.61. The zero-order chi connectivity index (χ0) is 12.3. The lowest BCUT2D eigenvalue weighted by atomic mass is 10.0. The average Bonchev–Trinajstić information content (AvgIpc) is 2.32. The molecule has 1 aromatic rings. The van der Waals surface area contributed by atoms with Gasteiger partial charge in [-0.2, -0.15) is 0 Å². The Morgan fingerprint density at radius 2 is 1.94 bits per heavy atom. The number of nitrogens with zero attached hydrogens (tertiary/aromatic N) is 1. The molecule has 0 aliphatic carbocycles. The quantitative estimate of drug-likeness (QED) is 0.867. The molecule has 1 N–H and O–H groups in total. The van der Waals surface area contributed by atoms with Crippen molar-refractivity contribution in [2.75, 3.05) is 20.1 Å². The molecule has 0 aromatic heterocycles. The minimum absolute atomic E-state index is 0.0876. The fourth-order valence-electron chi connectivity index (χ4n) is 2.44. The van der Waals surface area contributed by atoms with E-state index < -0.39 is 0 Å². The van der Waals surface area contributed by atoms with E-state index in [2.05, 4.69) is 17.3 Å². The summed E-state index contributed by atoms with van der Waals surface area (Å²) in [5.74, 6) is -0.111. The third-order valence-corrected chi connectivity index (χ3v) is 3.58. The van der Waals surface area contributed by atoms with E-state index in [-0.39, 0.29) is 11.9 Å². The van der Waals surface area contributed by atoms with Crippen molar-refractivity contribution in [3.05, 3.63) is 35.6 Å². The first-order valence-electron chi connectivity index (χ1n) is 6.36. The molecule has 2 nitrogen and oxygen atoms in total. The van der Waals surface area contributed by atoms with Crippen molar-refractivity contribution in [3.63, 3.8) is 0 Å². The number of halogens is 1. The van der Waals surface area contributed by atoms with E-state index in [1.807, 2.05) is 19.1 Å². The Kier molecular flexibility index (Phi) is 4.13. The van der Waals surface area contributed by atoms with E-state index in [0.717, 1.165) is 31.5 Å². The fourth-order valence-corrected chi connectivity index (χ4v) is 2.44. The van der Waals surface area contributed by atoms with Gasteiger partial charge in [0.2, 0.25) is 0 Å². The Hall–Kier alpha value is -0.930. The molecule has 17 heavy (non-hydrogen) atoms. The standard InChI is InChI=1S/C14H21FN2/c1-11(13-5-3-4-6-14(13)15)16-12-7-9-17(2)10-8-12/h3-6,11-12,16H,7-10H2,1-2H3/t11-/m1/s1. The van der Waals surface area contributed by atoms with Crippen molar-refractivity contribution in [1.82, 2.24) is 10.2 Å². The second-order valence-corrected chi connectivity index (χ2v) is 4.99. The zero-order valence-electron chi connectivity index (χ0n) is 10.6. The van der Waals surface area contributed by atoms with Gasteiger partial charge in [-0.05, 0) is 46.0 Å². The molecule has 0 amide bonds. The number of likely N-dealkylation sites (tertiary alicyclic amines) is 1. The maximum Gasteiger partial charge on any atom is 0.127 e. The van der Waals surface area contributed by atoms with Gasteiger partial charge >= 0.3 is 0 Å². The van der Waals surface area contributed by atoms with E-state index >= 15 is 0 Å². The molecule has 1 fully saturated rings. The highest BCUT2D eigenvalue weighted by atomic mass is 19.1. The molecular formula is C14H21FN2. The third-order valence-electron chi connectivity index (χ3n) is 3.58. The second-order valence-electron chi connectivity index (χ2n) is 4.99. The van der Waals surface area contributed by atoms with Gasteiger partial charge in [-0.1, -0.05) is 18.2 Å². The Morgan fingerprint density at radius 1 is 1.29 bits per heavy atom. The summed E-state index contributed by atoms with van der Waals surface area (Å²) < 4.78 is 13.6. The zero-order valence-corrected chi connectivity index (χ0v) is 10.6. The van der Waals surface area contributed by atoms with Crippen molar-refractivity contribution in [2.45, 2.75) is 31.8 Å². The van der Waals surface area contributed by atoms with Crippen LogP contribution >= 0.6 is 0 Å². The van der Waals surface area contributed by atoms with Crippen LogP contribution < -0.4 is 5.32 Å².